The minimum Gasteiger partial charge on any atom is -0.357 e. The van der Waals surface area contributed by atoms with Crippen molar-refractivity contribution in [2.45, 2.75) is 0 Å². The van der Waals surface area contributed by atoms with Gasteiger partial charge in [-0.25, -0.2) is 4.79 Å². The van der Waals surface area contributed by atoms with Crippen molar-refractivity contribution in [2.75, 3.05) is 31.3 Å². The average molecular weight is 229 g/mol. The molecule has 0 aromatic carbocycles. The Hall–Kier alpha value is -1.37. The summed E-state index contributed by atoms with van der Waals surface area (Å²) in [5.74, 6) is 1.70. The zero-order valence-electron chi connectivity index (χ0n) is 8.78. The van der Waals surface area contributed by atoms with Crippen LogP contribution in [0.1, 0.15) is 0 Å². The highest BCUT2D eigenvalue weighted by Crippen LogP contribution is 2.06. The third kappa shape index (κ3) is 4.11. The van der Waals surface area contributed by atoms with Gasteiger partial charge >= 0.3 is 6.03 Å². The molecule has 0 fully saturated rings. The number of hydrogen-bond donors (Lipinski definition) is 3. The van der Waals surface area contributed by atoms with E-state index in [4.69, 9.17) is 0 Å². The highest BCUT2D eigenvalue weighted by atomic mass is 32.2. The first-order valence-electron chi connectivity index (χ1n) is 4.54. The van der Waals surface area contributed by atoms with Gasteiger partial charge in [-0.1, -0.05) is 0 Å². The number of carbonyl (C=O) groups is 1. The largest absolute Gasteiger partial charge is 0.357 e. The van der Waals surface area contributed by atoms with Crippen LogP contribution in [0.4, 0.5) is 10.6 Å². The van der Waals surface area contributed by atoms with Crippen LogP contribution in [0.5, 0.6) is 0 Å². The molecule has 2 amide bonds. The number of aromatic nitrogens is 2. The van der Waals surface area contributed by atoms with E-state index in [2.05, 4.69) is 20.2 Å². The number of rotatable bonds is 5. The molecular weight excluding hydrogens is 214 g/mol. The lowest BCUT2D eigenvalue weighted by atomic mass is 10.5. The monoisotopic (exact) mass is 229 g/mol. The normalized spacial score (nSPS) is 9.73. The van der Waals surface area contributed by atoms with Gasteiger partial charge < -0.3 is 10.2 Å². The molecule has 0 saturated carbocycles. The molecule has 1 rings (SSSR count). The maximum Gasteiger partial charge on any atom is 0.324 e. The summed E-state index contributed by atoms with van der Waals surface area (Å²) in [5, 5.41) is 9.27. The molecule has 1 heterocycles. The second-order valence-electron chi connectivity index (χ2n) is 2.88. The van der Waals surface area contributed by atoms with Gasteiger partial charge in [0.2, 0.25) is 0 Å². The first kappa shape index (κ1) is 11.7. The molecule has 0 unspecified atom stereocenters. The summed E-state index contributed by atoms with van der Waals surface area (Å²) in [7, 11) is 3.54. The van der Waals surface area contributed by atoms with Gasteiger partial charge in [-0.05, 0) is 11.9 Å². The van der Waals surface area contributed by atoms with Gasteiger partial charge in [0.15, 0.2) is 0 Å². The van der Waals surface area contributed by atoms with Crippen LogP contribution in [0.2, 0.25) is 0 Å². The SMILES string of the molecule is CNC(=O)NSCCN(C)c1cc[nH]n1. The Bertz CT molecular complexity index is 289. The lowest BCUT2D eigenvalue weighted by molar-refractivity contribution is 0.248. The van der Waals surface area contributed by atoms with E-state index in [1.165, 1.54) is 11.9 Å². The Morgan fingerprint density at radius 1 is 1.73 bits per heavy atom. The second-order valence-corrected chi connectivity index (χ2v) is 3.78. The molecule has 6 nitrogen and oxygen atoms in total. The quantitative estimate of drug-likeness (QED) is 0.505. The van der Waals surface area contributed by atoms with Crippen LogP contribution < -0.4 is 14.9 Å². The van der Waals surface area contributed by atoms with Crippen molar-refractivity contribution in [3.05, 3.63) is 12.3 Å². The molecule has 15 heavy (non-hydrogen) atoms. The Labute approximate surface area is 92.9 Å². The summed E-state index contributed by atoms with van der Waals surface area (Å²) in [6.45, 7) is 0.819. The van der Waals surface area contributed by atoms with E-state index in [1.807, 2.05) is 18.0 Å². The van der Waals surface area contributed by atoms with E-state index in [0.29, 0.717) is 0 Å². The fraction of sp³-hybridized carbons (Fsp3) is 0.500. The molecule has 0 aliphatic rings. The number of anilines is 1. The zero-order valence-corrected chi connectivity index (χ0v) is 9.60. The van der Waals surface area contributed by atoms with E-state index in [0.717, 1.165) is 18.1 Å². The fourth-order valence-electron chi connectivity index (χ4n) is 0.930. The van der Waals surface area contributed by atoms with Crippen LogP contribution in [0.3, 0.4) is 0 Å². The number of aromatic amines is 1. The molecule has 84 valence electrons. The van der Waals surface area contributed by atoms with Gasteiger partial charge in [0, 0.05) is 38.7 Å². The number of carbonyl (C=O) groups excluding carboxylic acids is 1. The molecular formula is C8H15N5OS. The molecule has 1 aromatic heterocycles. The van der Waals surface area contributed by atoms with E-state index in [1.54, 1.807) is 13.2 Å². The summed E-state index contributed by atoms with van der Waals surface area (Å²) in [5.41, 5.74) is 0. The summed E-state index contributed by atoms with van der Waals surface area (Å²) < 4.78 is 2.64. The third-order valence-electron chi connectivity index (χ3n) is 1.80. The van der Waals surface area contributed by atoms with Crippen LogP contribution in [0.15, 0.2) is 12.3 Å². The number of hydrogen-bond acceptors (Lipinski definition) is 4. The molecule has 0 saturated heterocycles. The Balaban J connectivity index is 2.13. The zero-order chi connectivity index (χ0) is 11.1. The van der Waals surface area contributed by atoms with E-state index >= 15 is 0 Å². The van der Waals surface area contributed by atoms with E-state index < -0.39 is 0 Å². The Kier molecular flexibility index (Phi) is 4.82. The molecule has 0 radical (unpaired) electrons. The Morgan fingerprint density at radius 3 is 3.13 bits per heavy atom. The molecule has 0 aliphatic carbocycles. The standard InChI is InChI=1S/C8H15N5OS/c1-9-8(14)12-15-6-5-13(2)7-3-4-10-11-7/h3-4H,5-6H2,1-2H3,(H,10,11)(H2,9,12,14). The highest BCUT2D eigenvalue weighted by molar-refractivity contribution is 7.97. The van der Waals surface area contributed by atoms with E-state index in [-0.39, 0.29) is 6.03 Å². The Morgan fingerprint density at radius 2 is 2.53 bits per heavy atom. The van der Waals surface area contributed by atoms with Crippen LogP contribution in [0, 0.1) is 0 Å². The molecule has 0 bridgehead atoms. The highest BCUT2D eigenvalue weighted by Gasteiger charge is 2.02. The molecule has 3 N–H and O–H groups in total. The number of nitrogens with zero attached hydrogens (tertiary/aromatic N) is 2. The number of nitrogens with one attached hydrogen (secondary N) is 3. The van der Waals surface area contributed by atoms with Gasteiger partial charge in [-0.15, -0.1) is 0 Å². The molecule has 1 aromatic rings. The van der Waals surface area contributed by atoms with Gasteiger partial charge in [0.05, 0.1) is 0 Å². The van der Waals surface area contributed by atoms with Gasteiger partial charge in [0.25, 0.3) is 0 Å². The predicted molar refractivity (Wildman–Crippen MR) is 61.9 cm³/mol. The molecule has 7 heteroatoms. The molecule has 0 atom stereocenters. The summed E-state index contributed by atoms with van der Waals surface area (Å²) in [6, 6.07) is 1.72. The summed E-state index contributed by atoms with van der Waals surface area (Å²) in [4.78, 5) is 12.8. The summed E-state index contributed by atoms with van der Waals surface area (Å²) in [6.07, 6.45) is 1.78. The lowest BCUT2D eigenvalue weighted by Gasteiger charge is -2.15. The maximum atomic E-state index is 10.8. The van der Waals surface area contributed by atoms with Crippen LogP contribution in [-0.2, 0) is 0 Å². The van der Waals surface area contributed by atoms with Crippen molar-refractivity contribution in [1.29, 1.82) is 0 Å². The smallest absolute Gasteiger partial charge is 0.324 e. The second kappa shape index (κ2) is 6.18. The van der Waals surface area contributed by atoms with Crippen LogP contribution in [-0.4, -0.2) is 42.6 Å². The average Bonchev–Trinajstić information content (AvgIpc) is 2.77. The number of H-pyrrole nitrogens is 1. The fourth-order valence-corrected chi connectivity index (χ4v) is 1.63. The minimum atomic E-state index is -0.178. The van der Waals surface area contributed by atoms with Crippen molar-refractivity contribution >= 4 is 23.8 Å². The topological polar surface area (TPSA) is 73.1 Å². The minimum absolute atomic E-state index is 0.178. The number of urea groups is 1. The maximum absolute atomic E-state index is 10.8. The van der Waals surface area contributed by atoms with Crippen molar-refractivity contribution in [3.63, 3.8) is 0 Å². The van der Waals surface area contributed by atoms with Crippen molar-refractivity contribution in [1.82, 2.24) is 20.2 Å². The van der Waals surface area contributed by atoms with Crippen molar-refractivity contribution < 1.29 is 4.79 Å². The van der Waals surface area contributed by atoms with Crippen molar-refractivity contribution in [3.8, 4) is 0 Å². The number of amides is 2. The summed E-state index contributed by atoms with van der Waals surface area (Å²) >= 11 is 1.37. The molecule has 0 aliphatic heterocycles. The third-order valence-corrected chi connectivity index (χ3v) is 2.51. The lowest BCUT2D eigenvalue weighted by Crippen LogP contribution is -2.29. The van der Waals surface area contributed by atoms with Crippen LogP contribution >= 0.6 is 11.9 Å². The van der Waals surface area contributed by atoms with Crippen LogP contribution in [0.25, 0.3) is 0 Å². The molecule has 0 spiro atoms. The van der Waals surface area contributed by atoms with Gasteiger partial charge in [-0.2, -0.15) is 5.10 Å². The van der Waals surface area contributed by atoms with Crippen molar-refractivity contribution in [2.24, 2.45) is 0 Å². The van der Waals surface area contributed by atoms with Gasteiger partial charge in [0.1, 0.15) is 5.82 Å². The predicted octanol–water partition coefficient (Wildman–Crippen LogP) is 0.423. The van der Waals surface area contributed by atoms with E-state index in [9.17, 15) is 4.79 Å². The first-order valence-corrected chi connectivity index (χ1v) is 5.53. The first-order chi connectivity index (χ1) is 7.24. The van der Waals surface area contributed by atoms with Gasteiger partial charge in [-0.3, -0.25) is 9.82 Å².